The van der Waals surface area contributed by atoms with E-state index in [0.717, 1.165) is 12.1 Å². The first-order chi connectivity index (χ1) is 9.08. The minimum absolute atomic E-state index is 0.00701. The molecule has 1 aromatic rings. The zero-order valence-corrected chi connectivity index (χ0v) is 11.8. The molecule has 0 unspecified atom stereocenters. The normalized spacial score (nSPS) is 21.9. The van der Waals surface area contributed by atoms with Gasteiger partial charge in [-0.05, 0) is 30.4 Å². The van der Waals surface area contributed by atoms with Gasteiger partial charge in [-0.3, -0.25) is 9.78 Å². The van der Waals surface area contributed by atoms with E-state index >= 15 is 0 Å². The summed E-state index contributed by atoms with van der Waals surface area (Å²) < 4.78 is 0. The van der Waals surface area contributed by atoms with Gasteiger partial charge in [0.05, 0.1) is 6.54 Å². The molecule has 0 aliphatic heterocycles. The van der Waals surface area contributed by atoms with Crippen molar-refractivity contribution in [2.45, 2.75) is 45.6 Å². The number of hydrogen-bond donors (Lipinski definition) is 2. The molecule has 1 aliphatic carbocycles. The van der Waals surface area contributed by atoms with E-state index < -0.39 is 0 Å². The van der Waals surface area contributed by atoms with Crippen molar-refractivity contribution in [3.8, 4) is 0 Å². The van der Waals surface area contributed by atoms with E-state index in [1.54, 1.807) is 24.5 Å². The summed E-state index contributed by atoms with van der Waals surface area (Å²) in [6.07, 6.45) is 8.30. The number of carbonyl (C=O) groups excluding carboxylic acids is 1. The summed E-state index contributed by atoms with van der Waals surface area (Å²) in [5, 5.41) is 6.27. The fourth-order valence-corrected chi connectivity index (χ4v) is 2.73. The maximum absolute atomic E-state index is 11.9. The number of nitrogens with zero attached hydrogens (tertiary/aromatic N) is 1. The molecule has 1 aliphatic rings. The molecule has 1 heterocycles. The van der Waals surface area contributed by atoms with Crippen LogP contribution in [0.15, 0.2) is 24.5 Å². The number of carbonyl (C=O) groups is 1. The minimum atomic E-state index is 0.00701. The van der Waals surface area contributed by atoms with Gasteiger partial charge >= 0.3 is 0 Å². The second-order valence-corrected chi connectivity index (χ2v) is 5.95. The van der Waals surface area contributed by atoms with Crippen LogP contribution in [-0.4, -0.2) is 23.5 Å². The lowest BCUT2D eigenvalue weighted by atomic mass is 9.73. The van der Waals surface area contributed by atoms with E-state index in [9.17, 15) is 4.79 Å². The molecular weight excluding hydrogens is 238 g/mol. The van der Waals surface area contributed by atoms with E-state index in [1.807, 2.05) is 0 Å². The van der Waals surface area contributed by atoms with Crippen molar-refractivity contribution < 1.29 is 4.79 Å². The van der Waals surface area contributed by atoms with Gasteiger partial charge in [0.15, 0.2) is 0 Å². The largest absolute Gasteiger partial charge is 0.325 e. The highest BCUT2D eigenvalue weighted by Crippen LogP contribution is 2.35. The third-order valence-corrected chi connectivity index (χ3v) is 3.98. The highest BCUT2D eigenvalue weighted by molar-refractivity contribution is 5.92. The van der Waals surface area contributed by atoms with Gasteiger partial charge in [0.2, 0.25) is 5.91 Å². The Morgan fingerprint density at radius 1 is 1.37 bits per heavy atom. The first kappa shape index (κ1) is 14.0. The Kier molecular flexibility index (Phi) is 4.53. The molecule has 19 heavy (non-hydrogen) atoms. The summed E-state index contributed by atoms with van der Waals surface area (Å²) in [6.45, 7) is 4.94. The Hall–Kier alpha value is -1.42. The molecule has 0 aromatic carbocycles. The van der Waals surface area contributed by atoms with Gasteiger partial charge in [0.1, 0.15) is 0 Å². The molecule has 0 bridgehead atoms. The lowest BCUT2D eigenvalue weighted by molar-refractivity contribution is -0.115. The predicted molar refractivity (Wildman–Crippen MR) is 76.9 cm³/mol. The summed E-state index contributed by atoms with van der Waals surface area (Å²) >= 11 is 0. The number of amides is 1. The predicted octanol–water partition coefficient (Wildman–Crippen LogP) is 2.58. The van der Waals surface area contributed by atoms with Gasteiger partial charge in [0.25, 0.3) is 0 Å². The third kappa shape index (κ3) is 4.03. The van der Waals surface area contributed by atoms with Crippen molar-refractivity contribution >= 4 is 11.6 Å². The van der Waals surface area contributed by atoms with Crippen LogP contribution in [0, 0.1) is 5.41 Å². The van der Waals surface area contributed by atoms with Gasteiger partial charge < -0.3 is 10.6 Å². The fraction of sp³-hybridized carbons (Fsp3) is 0.600. The molecule has 4 nitrogen and oxygen atoms in total. The average Bonchev–Trinajstić information content (AvgIpc) is 2.38. The Morgan fingerprint density at radius 2 is 2.11 bits per heavy atom. The number of anilines is 1. The molecule has 2 N–H and O–H groups in total. The van der Waals surface area contributed by atoms with E-state index in [2.05, 4.69) is 29.5 Å². The lowest BCUT2D eigenvalue weighted by Crippen LogP contribution is -2.46. The van der Waals surface area contributed by atoms with Crippen LogP contribution >= 0.6 is 0 Å². The molecule has 104 valence electrons. The van der Waals surface area contributed by atoms with Crippen molar-refractivity contribution in [1.29, 1.82) is 0 Å². The maximum atomic E-state index is 11.9. The monoisotopic (exact) mass is 261 g/mol. The summed E-state index contributed by atoms with van der Waals surface area (Å²) in [5.74, 6) is 0.00701. The Bertz CT molecular complexity index is 417. The molecule has 1 amide bonds. The Balaban J connectivity index is 1.80. The topological polar surface area (TPSA) is 54.0 Å². The van der Waals surface area contributed by atoms with E-state index in [1.165, 1.54) is 19.3 Å². The van der Waals surface area contributed by atoms with Crippen LogP contribution in [-0.2, 0) is 4.79 Å². The number of pyridine rings is 1. The van der Waals surface area contributed by atoms with Crippen LogP contribution in [0.3, 0.4) is 0 Å². The van der Waals surface area contributed by atoms with Crippen molar-refractivity contribution in [2.24, 2.45) is 5.41 Å². The van der Waals surface area contributed by atoms with Crippen LogP contribution in [0.25, 0.3) is 0 Å². The summed E-state index contributed by atoms with van der Waals surface area (Å²) in [5.41, 5.74) is 1.08. The lowest BCUT2D eigenvalue weighted by Gasteiger charge is -2.39. The van der Waals surface area contributed by atoms with Gasteiger partial charge in [0, 0.05) is 24.1 Å². The SMILES string of the molecule is CC1(C)CCCC[C@H]1NCC(=O)Nc1ccncc1. The minimum Gasteiger partial charge on any atom is -0.325 e. The van der Waals surface area contributed by atoms with Crippen LogP contribution < -0.4 is 10.6 Å². The molecule has 1 saturated carbocycles. The number of nitrogens with one attached hydrogen (secondary N) is 2. The van der Waals surface area contributed by atoms with Crippen LogP contribution in [0.1, 0.15) is 39.5 Å². The molecular formula is C15H23N3O. The Labute approximate surface area is 115 Å². The van der Waals surface area contributed by atoms with Crippen molar-refractivity contribution in [2.75, 3.05) is 11.9 Å². The Morgan fingerprint density at radius 3 is 2.79 bits per heavy atom. The molecule has 1 aromatic heterocycles. The highest BCUT2D eigenvalue weighted by atomic mass is 16.1. The smallest absolute Gasteiger partial charge is 0.238 e. The van der Waals surface area contributed by atoms with Crippen molar-refractivity contribution in [3.05, 3.63) is 24.5 Å². The second-order valence-electron chi connectivity index (χ2n) is 5.95. The molecule has 1 fully saturated rings. The number of aromatic nitrogens is 1. The van der Waals surface area contributed by atoms with E-state index in [0.29, 0.717) is 12.6 Å². The first-order valence-corrected chi connectivity index (χ1v) is 7.01. The quantitative estimate of drug-likeness (QED) is 0.876. The summed E-state index contributed by atoms with van der Waals surface area (Å²) in [7, 11) is 0. The fourth-order valence-electron chi connectivity index (χ4n) is 2.73. The molecule has 0 radical (unpaired) electrons. The molecule has 0 saturated heterocycles. The highest BCUT2D eigenvalue weighted by Gasteiger charge is 2.31. The second kappa shape index (κ2) is 6.15. The average molecular weight is 261 g/mol. The zero-order chi connectivity index (χ0) is 13.7. The number of hydrogen-bond acceptors (Lipinski definition) is 3. The van der Waals surface area contributed by atoms with E-state index in [-0.39, 0.29) is 11.3 Å². The van der Waals surface area contributed by atoms with Gasteiger partial charge in [-0.2, -0.15) is 0 Å². The molecule has 0 spiro atoms. The summed E-state index contributed by atoms with van der Waals surface area (Å²) in [6, 6.07) is 4.02. The standard InChI is InChI=1S/C15H23N3O/c1-15(2)8-4-3-5-13(15)17-11-14(19)18-12-6-9-16-10-7-12/h6-7,9-10,13,17H,3-5,8,11H2,1-2H3,(H,16,18,19)/t13-/m1/s1. The summed E-state index contributed by atoms with van der Waals surface area (Å²) in [4.78, 5) is 15.8. The van der Waals surface area contributed by atoms with Gasteiger partial charge in [-0.1, -0.05) is 26.7 Å². The van der Waals surface area contributed by atoms with Crippen LogP contribution in [0.4, 0.5) is 5.69 Å². The first-order valence-electron chi connectivity index (χ1n) is 7.01. The van der Waals surface area contributed by atoms with E-state index in [4.69, 9.17) is 0 Å². The van der Waals surface area contributed by atoms with Crippen molar-refractivity contribution in [1.82, 2.24) is 10.3 Å². The molecule has 2 rings (SSSR count). The molecule has 4 heteroatoms. The van der Waals surface area contributed by atoms with Crippen molar-refractivity contribution in [3.63, 3.8) is 0 Å². The van der Waals surface area contributed by atoms with Crippen LogP contribution in [0.5, 0.6) is 0 Å². The third-order valence-electron chi connectivity index (χ3n) is 3.98. The molecule has 1 atom stereocenters. The number of rotatable bonds is 4. The maximum Gasteiger partial charge on any atom is 0.238 e. The van der Waals surface area contributed by atoms with Crippen LogP contribution in [0.2, 0.25) is 0 Å². The van der Waals surface area contributed by atoms with Gasteiger partial charge in [-0.15, -0.1) is 0 Å². The van der Waals surface area contributed by atoms with Gasteiger partial charge in [-0.25, -0.2) is 0 Å². The zero-order valence-electron chi connectivity index (χ0n) is 11.8.